The Bertz CT molecular complexity index is 270. The highest BCUT2D eigenvalue weighted by Gasteiger charge is 2.44. The van der Waals surface area contributed by atoms with Gasteiger partial charge in [-0.15, -0.1) is 0 Å². The first-order chi connectivity index (χ1) is 7.06. The van der Waals surface area contributed by atoms with Crippen molar-refractivity contribution in [3.05, 3.63) is 11.6 Å². The molecule has 3 nitrogen and oxygen atoms in total. The molecule has 0 radical (unpaired) electrons. The number of carbonyl (C=O) groups excluding carboxylic acids is 1. The second-order valence-electron chi connectivity index (χ2n) is 4.06. The molecule has 0 aromatic carbocycles. The summed E-state index contributed by atoms with van der Waals surface area (Å²) in [7, 11) is 0. The van der Waals surface area contributed by atoms with Crippen molar-refractivity contribution in [3.63, 3.8) is 0 Å². The number of allylic oxidation sites excluding steroid dienone is 1. The van der Waals surface area contributed by atoms with Gasteiger partial charge in [0.25, 0.3) is 0 Å². The van der Waals surface area contributed by atoms with Gasteiger partial charge in [0, 0.05) is 0 Å². The van der Waals surface area contributed by atoms with Crippen LogP contribution in [0.5, 0.6) is 0 Å². The minimum atomic E-state index is -0.971. The molecule has 2 atom stereocenters. The number of aliphatic hydroxyl groups is 1. The van der Waals surface area contributed by atoms with Crippen LogP contribution in [0.2, 0.25) is 0 Å². The third kappa shape index (κ3) is 2.23. The molecule has 0 aromatic rings. The van der Waals surface area contributed by atoms with Gasteiger partial charge in [0.1, 0.15) is 0 Å². The molecule has 0 aliphatic heterocycles. The molecule has 0 fully saturated rings. The van der Waals surface area contributed by atoms with Gasteiger partial charge >= 0.3 is 5.97 Å². The van der Waals surface area contributed by atoms with Crippen molar-refractivity contribution in [1.82, 2.24) is 0 Å². The smallest absolute Gasteiger partial charge is 0.312 e. The summed E-state index contributed by atoms with van der Waals surface area (Å²) < 4.78 is 4.99. The summed E-state index contributed by atoms with van der Waals surface area (Å²) in [5.74, 6) is -0.701. The summed E-state index contributed by atoms with van der Waals surface area (Å²) in [6.07, 6.45) is 4.09. The first-order valence-electron chi connectivity index (χ1n) is 5.62. The zero-order chi connectivity index (χ0) is 11.5. The van der Waals surface area contributed by atoms with Gasteiger partial charge < -0.3 is 9.84 Å². The van der Waals surface area contributed by atoms with Gasteiger partial charge in [0.05, 0.1) is 18.1 Å². The van der Waals surface area contributed by atoms with Gasteiger partial charge in [0.15, 0.2) is 0 Å². The van der Waals surface area contributed by atoms with Crippen molar-refractivity contribution in [3.8, 4) is 0 Å². The van der Waals surface area contributed by atoms with E-state index in [2.05, 4.69) is 0 Å². The summed E-state index contributed by atoms with van der Waals surface area (Å²) in [4.78, 5) is 11.7. The van der Waals surface area contributed by atoms with Gasteiger partial charge in [-0.2, -0.15) is 0 Å². The maximum absolute atomic E-state index is 11.7. The SMILES string of the molecule is CCOC(=O)C(CC)C1(O)CCC=C1C. The molecule has 0 bridgehead atoms. The molecule has 0 spiro atoms. The van der Waals surface area contributed by atoms with Crippen molar-refractivity contribution in [2.24, 2.45) is 5.92 Å². The molecule has 2 unspecified atom stereocenters. The average molecular weight is 212 g/mol. The maximum Gasteiger partial charge on any atom is 0.312 e. The first kappa shape index (κ1) is 12.2. The van der Waals surface area contributed by atoms with Gasteiger partial charge in [-0.05, 0) is 38.7 Å². The zero-order valence-electron chi connectivity index (χ0n) is 9.75. The minimum absolute atomic E-state index is 0.280. The Balaban J connectivity index is 2.82. The molecule has 1 N–H and O–H groups in total. The molecule has 0 saturated heterocycles. The molecule has 0 heterocycles. The molecule has 0 amide bonds. The van der Waals surface area contributed by atoms with Crippen LogP contribution in [0.4, 0.5) is 0 Å². The number of carbonyl (C=O) groups is 1. The van der Waals surface area contributed by atoms with Crippen molar-refractivity contribution >= 4 is 5.97 Å². The van der Waals surface area contributed by atoms with E-state index in [0.717, 1.165) is 12.0 Å². The van der Waals surface area contributed by atoms with Crippen molar-refractivity contribution in [1.29, 1.82) is 0 Å². The predicted molar refractivity (Wildman–Crippen MR) is 58.4 cm³/mol. The molecule has 1 aliphatic carbocycles. The predicted octanol–water partition coefficient (Wildman–Crippen LogP) is 2.05. The van der Waals surface area contributed by atoms with Gasteiger partial charge in [-0.1, -0.05) is 13.0 Å². The number of rotatable bonds is 4. The van der Waals surface area contributed by atoms with Gasteiger partial charge in [-0.3, -0.25) is 4.79 Å². The monoisotopic (exact) mass is 212 g/mol. The lowest BCUT2D eigenvalue weighted by atomic mass is 9.81. The van der Waals surface area contributed by atoms with Crippen LogP contribution < -0.4 is 0 Å². The molecule has 0 aromatic heterocycles. The highest BCUT2D eigenvalue weighted by atomic mass is 16.5. The van der Waals surface area contributed by atoms with E-state index in [9.17, 15) is 9.90 Å². The lowest BCUT2D eigenvalue weighted by Gasteiger charge is -2.32. The number of esters is 1. The number of hydrogen-bond acceptors (Lipinski definition) is 3. The van der Waals surface area contributed by atoms with Crippen LogP contribution in [0.25, 0.3) is 0 Å². The Morgan fingerprint density at radius 1 is 1.67 bits per heavy atom. The van der Waals surface area contributed by atoms with Crippen LogP contribution in [0.3, 0.4) is 0 Å². The lowest BCUT2D eigenvalue weighted by Crippen LogP contribution is -2.42. The molecule has 0 saturated carbocycles. The molecular weight excluding hydrogens is 192 g/mol. The molecular formula is C12H20O3. The third-order valence-electron chi connectivity index (χ3n) is 3.21. The van der Waals surface area contributed by atoms with Crippen LogP contribution in [0.1, 0.15) is 40.0 Å². The van der Waals surface area contributed by atoms with E-state index < -0.39 is 11.5 Å². The second-order valence-corrected chi connectivity index (χ2v) is 4.06. The Kier molecular flexibility index (Phi) is 3.91. The fourth-order valence-corrected chi connectivity index (χ4v) is 2.27. The zero-order valence-corrected chi connectivity index (χ0v) is 9.75. The summed E-state index contributed by atoms with van der Waals surface area (Å²) in [5.41, 5.74) is -0.0662. The largest absolute Gasteiger partial charge is 0.466 e. The van der Waals surface area contributed by atoms with Crippen LogP contribution >= 0.6 is 0 Å². The first-order valence-corrected chi connectivity index (χ1v) is 5.62. The molecule has 1 rings (SSSR count). The quantitative estimate of drug-likeness (QED) is 0.573. The third-order valence-corrected chi connectivity index (χ3v) is 3.21. The Morgan fingerprint density at radius 3 is 2.73 bits per heavy atom. The van der Waals surface area contributed by atoms with Gasteiger partial charge in [0.2, 0.25) is 0 Å². The Hall–Kier alpha value is -0.830. The maximum atomic E-state index is 11.7. The van der Waals surface area contributed by atoms with Crippen molar-refractivity contribution in [2.45, 2.75) is 45.6 Å². The lowest BCUT2D eigenvalue weighted by molar-refractivity contribution is -0.156. The topological polar surface area (TPSA) is 46.5 Å². The fourth-order valence-electron chi connectivity index (χ4n) is 2.27. The van der Waals surface area contributed by atoms with Crippen LogP contribution in [0.15, 0.2) is 11.6 Å². The normalized spacial score (nSPS) is 27.3. The number of ether oxygens (including phenoxy) is 1. The van der Waals surface area contributed by atoms with Crippen LogP contribution in [-0.4, -0.2) is 23.3 Å². The second kappa shape index (κ2) is 4.79. The van der Waals surface area contributed by atoms with Gasteiger partial charge in [-0.25, -0.2) is 0 Å². The Labute approximate surface area is 91.1 Å². The van der Waals surface area contributed by atoms with E-state index in [1.807, 2.05) is 19.9 Å². The van der Waals surface area contributed by atoms with Crippen LogP contribution in [-0.2, 0) is 9.53 Å². The average Bonchev–Trinajstić information content (AvgIpc) is 2.49. The highest BCUT2D eigenvalue weighted by molar-refractivity contribution is 5.74. The molecule has 3 heteroatoms. The number of hydrogen-bond donors (Lipinski definition) is 1. The van der Waals surface area contributed by atoms with Crippen molar-refractivity contribution < 1.29 is 14.6 Å². The van der Waals surface area contributed by atoms with E-state index in [1.165, 1.54) is 0 Å². The summed E-state index contributed by atoms with van der Waals surface area (Å²) in [6.45, 7) is 5.94. The van der Waals surface area contributed by atoms with E-state index >= 15 is 0 Å². The standard InChI is InChI=1S/C12H20O3/c1-4-10(11(13)15-5-2)12(14)8-6-7-9(12)3/h7,10,14H,4-6,8H2,1-3H3. The summed E-state index contributed by atoms with van der Waals surface area (Å²) in [5, 5.41) is 10.4. The Morgan fingerprint density at radius 2 is 2.33 bits per heavy atom. The fraction of sp³-hybridized carbons (Fsp3) is 0.750. The highest BCUT2D eigenvalue weighted by Crippen LogP contribution is 2.38. The van der Waals surface area contributed by atoms with E-state index in [1.54, 1.807) is 6.92 Å². The van der Waals surface area contributed by atoms with E-state index in [0.29, 0.717) is 19.4 Å². The summed E-state index contributed by atoms with van der Waals surface area (Å²) >= 11 is 0. The molecule has 86 valence electrons. The van der Waals surface area contributed by atoms with Crippen LogP contribution in [0, 0.1) is 5.92 Å². The molecule has 15 heavy (non-hydrogen) atoms. The summed E-state index contributed by atoms with van der Waals surface area (Å²) in [6, 6.07) is 0. The molecule has 1 aliphatic rings. The minimum Gasteiger partial charge on any atom is -0.466 e. The van der Waals surface area contributed by atoms with E-state index in [-0.39, 0.29) is 5.97 Å². The van der Waals surface area contributed by atoms with Crippen molar-refractivity contribution in [2.75, 3.05) is 6.61 Å². The van der Waals surface area contributed by atoms with E-state index in [4.69, 9.17) is 4.74 Å².